The molecule has 2 saturated heterocycles. The highest BCUT2D eigenvalue weighted by Crippen LogP contribution is 2.18. The quantitative estimate of drug-likeness (QED) is 0.819. The van der Waals surface area contributed by atoms with E-state index in [-0.39, 0.29) is 5.82 Å². The van der Waals surface area contributed by atoms with Crippen LogP contribution in [0.3, 0.4) is 0 Å². The van der Waals surface area contributed by atoms with Crippen LogP contribution in [0.4, 0.5) is 4.39 Å². The first-order valence-electron chi connectivity index (χ1n) is 9.60. The van der Waals surface area contributed by atoms with Gasteiger partial charge in [-0.25, -0.2) is 4.39 Å². The minimum atomic E-state index is -0.177. The van der Waals surface area contributed by atoms with Crippen LogP contribution in [0.2, 0.25) is 0 Å². The summed E-state index contributed by atoms with van der Waals surface area (Å²) in [6, 6.07) is 6.86. The number of halogens is 1. The molecule has 2 fully saturated rings. The largest absolute Gasteiger partial charge is 0.342 e. The molecule has 0 radical (unpaired) electrons. The highest BCUT2D eigenvalue weighted by molar-refractivity contribution is 5.78. The molecule has 1 atom stereocenters. The van der Waals surface area contributed by atoms with Gasteiger partial charge in [0.05, 0.1) is 6.54 Å². The minimum absolute atomic E-state index is 0.177. The van der Waals surface area contributed by atoms with Crippen LogP contribution >= 0.6 is 0 Å². The first-order chi connectivity index (χ1) is 12.1. The van der Waals surface area contributed by atoms with Gasteiger partial charge in [-0.1, -0.05) is 19.1 Å². The summed E-state index contributed by atoms with van der Waals surface area (Å²) in [4.78, 5) is 19.1. The summed E-state index contributed by atoms with van der Waals surface area (Å²) < 4.78 is 13.1. The van der Waals surface area contributed by atoms with Crippen molar-refractivity contribution < 1.29 is 9.18 Å². The Kier molecular flexibility index (Phi) is 6.43. The number of rotatable bonds is 5. The molecule has 3 rings (SSSR count). The Morgan fingerprint density at radius 3 is 2.32 bits per heavy atom. The van der Waals surface area contributed by atoms with Gasteiger partial charge in [0.1, 0.15) is 5.82 Å². The molecule has 25 heavy (non-hydrogen) atoms. The molecule has 1 aromatic rings. The number of carbonyl (C=O) groups is 1. The van der Waals surface area contributed by atoms with Crippen molar-refractivity contribution in [2.24, 2.45) is 0 Å². The highest BCUT2D eigenvalue weighted by atomic mass is 19.1. The van der Waals surface area contributed by atoms with Crippen LogP contribution < -0.4 is 0 Å². The lowest BCUT2D eigenvalue weighted by molar-refractivity contribution is -0.131. The van der Waals surface area contributed by atoms with Gasteiger partial charge < -0.3 is 9.80 Å². The van der Waals surface area contributed by atoms with E-state index in [0.717, 1.165) is 65.1 Å². The Balaban J connectivity index is 1.46. The fourth-order valence-corrected chi connectivity index (χ4v) is 3.91. The third kappa shape index (κ3) is 5.25. The van der Waals surface area contributed by atoms with Crippen LogP contribution in [0.25, 0.3) is 0 Å². The van der Waals surface area contributed by atoms with Gasteiger partial charge in [-0.15, -0.1) is 0 Å². The maximum Gasteiger partial charge on any atom is 0.236 e. The predicted molar refractivity (Wildman–Crippen MR) is 98.1 cm³/mol. The van der Waals surface area contributed by atoms with E-state index in [2.05, 4.69) is 16.7 Å². The molecular weight excluding hydrogens is 317 g/mol. The molecular formula is C20H30FN3O. The normalized spacial score (nSPS) is 21.3. The summed E-state index contributed by atoms with van der Waals surface area (Å²) in [6.45, 7) is 9.66. The molecule has 1 amide bonds. The second-order valence-electron chi connectivity index (χ2n) is 7.47. The van der Waals surface area contributed by atoms with Crippen molar-refractivity contribution in [3.8, 4) is 0 Å². The summed E-state index contributed by atoms with van der Waals surface area (Å²) in [5.41, 5.74) is 1.19. The molecule has 5 heteroatoms. The van der Waals surface area contributed by atoms with Crippen molar-refractivity contribution in [3.63, 3.8) is 0 Å². The third-order valence-electron chi connectivity index (χ3n) is 5.47. The Morgan fingerprint density at radius 1 is 0.960 bits per heavy atom. The smallest absolute Gasteiger partial charge is 0.236 e. The van der Waals surface area contributed by atoms with E-state index in [1.165, 1.54) is 5.56 Å². The number of likely N-dealkylation sites (tertiary alicyclic amines) is 1. The Morgan fingerprint density at radius 2 is 1.60 bits per heavy atom. The van der Waals surface area contributed by atoms with Crippen LogP contribution in [0.5, 0.6) is 0 Å². The second-order valence-corrected chi connectivity index (χ2v) is 7.47. The maximum atomic E-state index is 13.1. The number of hydrogen-bond acceptors (Lipinski definition) is 3. The molecule has 0 aliphatic carbocycles. The van der Waals surface area contributed by atoms with Crippen molar-refractivity contribution in [3.05, 3.63) is 35.6 Å². The fraction of sp³-hybridized carbons (Fsp3) is 0.650. The second kappa shape index (κ2) is 8.77. The van der Waals surface area contributed by atoms with Crippen molar-refractivity contribution in [2.45, 2.75) is 32.1 Å². The van der Waals surface area contributed by atoms with Gasteiger partial charge in [-0.05, 0) is 56.0 Å². The highest BCUT2D eigenvalue weighted by Gasteiger charge is 2.23. The zero-order valence-corrected chi connectivity index (χ0v) is 15.3. The van der Waals surface area contributed by atoms with Gasteiger partial charge in [0.2, 0.25) is 5.91 Å². The van der Waals surface area contributed by atoms with Gasteiger partial charge in [-0.2, -0.15) is 0 Å². The lowest BCUT2D eigenvalue weighted by Crippen LogP contribution is -2.40. The van der Waals surface area contributed by atoms with Crippen molar-refractivity contribution >= 4 is 5.91 Å². The van der Waals surface area contributed by atoms with E-state index >= 15 is 0 Å². The Bertz CT molecular complexity index is 557. The summed E-state index contributed by atoms with van der Waals surface area (Å²) in [5, 5.41) is 0. The zero-order valence-electron chi connectivity index (χ0n) is 15.3. The predicted octanol–water partition coefficient (Wildman–Crippen LogP) is 2.56. The molecule has 0 aromatic heterocycles. The summed E-state index contributed by atoms with van der Waals surface area (Å²) >= 11 is 0. The average molecular weight is 347 g/mol. The molecule has 0 spiro atoms. The standard InChI is InChI=1S/C20H30FN3O/c1-17(18-5-7-19(21)8-6-18)15-22-9-4-10-23(14-13-22)16-20(25)24-11-2-3-12-24/h5-8,17H,2-4,9-16H2,1H3/t17-/m0/s1. The van der Waals surface area contributed by atoms with Crippen LogP contribution in [0, 0.1) is 5.82 Å². The number of nitrogens with zero attached hydrogens (tertiary/aromatic N) is 3. The first kappa shape index (κ1) is 18.3. The lowest BCUT2D eigenvalue weighted by atomic mass is 10.0. The molecule has 1 aromatic carbocycles. The van der Waals surface area contributed by atoms with Crippen molar-refractivity contribution in [2.75, 3.05) is 52.4 Å². The molecule has 0 unspecified atom stereocenters. The van der Waals surface area contributed by atoms with E-state index in [4.69, 9.17) is 0 Å². The van der Waals surface area contributed by atoms with Gasteiger partial charge in [-0.3, -0.25) is 9.69 Å². The van der Waals surface area contributed by atoms with Gasteiger partial charge in [0.15, 0.2) is 0 Å². The molecule has 0 bridgehead atoms. The van der Waals surface area contributed by atoms with Crippen LogP contribution in [-0.2, 0) is 4.79 Å². The number of amides is 1. The van der Waals surface area contributed by atoms with Crippen LogP contribution in [-0.4, -0.2) is 73.0 Å². The Hall–Kier alpha value is -1.46. The lowest BCUT2D eigenvalue weighted by Gasteiger charge is -2.25. The van der Waals surface area contributed by atoms with E-state index in [1.54, 1.807) is 12.1 Å². The SMILES string of the molecule is C[C@@H](CN1CCCN(CC(=O)N2CCCC2)CC1)c1ccc(F)cc1. The summed E-state index contributed by atoms with van der Waals surface area (Å²) in [7, 11) is 0. The van der Waals surface area contributed by atoms with Crippen LogP contribution in [0.1, 0.15) is 37.7 Å². The van der Waals surface area contributed by atoms with Gasteiger partial charge in [0, 0.05) is 32.7 Å². The summed E-state index contributed by atoms with van der Waals surface area (Å²) in [5.74, 6) is 0.507. The molecule has 0 saturated carbocycles. The topological polar surface area (TPSA) is 26.8 Å². The van der Waals surface area contributed by atoms with Crippen molar-refractivity contribution in [1.29, 1.82) is 0 Å². The number of benzene rings is 1. The van der Waals surface area contributed by atoms with E-state index < -0.39 is 0 Å². The summed E-state index contributed by atoms with van der Waals surface area (Å²) in [6.07, 6.45) is 3.41. The van der Waals surface area contributed by atoms with E-state index in [9.17, 15) is 9.18 Å². The van der Waals surface area contributed by atoms with Crippen molar-refractivity contribution in [1.82, 2.24) is 14.7 Å². The molecule has 138 valence electrons. The molecule has 2 heterocycles. The minimum Gasteiger partial charge on any atom is -0.342 e. The maximum absolute atomic E-state index is 13.1. The monoisotopic (exact) mass is 347 g/mol. The van der Waals surface area contributed by atoms with Crippen LogP contribution in [0.15, 0.2) is 24.3 Å². The van der Waals surface area contributed by atoms with E-state index in [0.29, 0.717) is 18.4 Å². The van der Waals surface area contributed by atoms with E-state index in [1.807, 2.05) is 17.0 Å². The molecule has 4 nitrogen and oxygen atoms in total. The number of hydrogen-bond donors (Lipinski definition) is 0. The number of carbonyl (C=O) groups excluding carboxylic acids is 1. The first-order valence-corrected chi connectivity index (χ1v) is 9.60. The van der Waals surface area contributed by atoms with Gasteiger partial charge in [0.25, 0.3) is 0 Å². The fourth-order valence-electron chi connectivity index (χ4n) is 3.91. The molecule has 2 aliphatic heterocycles. The third-order valence-corrected chi connectivity index (χ3v) is 5.47. The molecule has 0 N–H and O–H groups in total. The van der Waals surface area contributed by atoms with Gasteiger partial charge >= 0.3 is 0 Å². The molecule has 2 aliphatic rings. The average Bonchev–Trinajstić information content (AvgIpc) is 3.06. The Labute approximate surface area is 150 Å². The zero-order chi connectivity index (χ0) is 17.6.